The van der Waals surface area contributed by atoms with Crippen LogP contribution in [0.5, 0.6) is 0 Å². The zero-order valence-corrected chi connectivity index (χ0v) is 12.1. The summed E-state index contributed by atoms with van der Waals surface area (Å²) < 4.78 is 6.93. The van der Waals surface area contributed by atoms with E-state index in [1.807, 2.05) is 36.1 Å². The highest BCUT2D eigenvalue weighted by atomic mass is 16.5. The van der Waals surface area contributed by atoms with Crippen molar-refractivity contribution >= 4 is 22.7 Å². The molecule has 7 heteroatoms. The highest BCUT2D eigenvalue weighted by Gasteiger charge is 2.08. The van der Waals surface area contributed by atoms with Gasteiger partial charge in [-0.15, -0.1) is 0 Å². The van der Waals surface area contributed by atoms with Crippen LogP contribution in [0.3, 0.4) is 0 Å². The maximum Gasteiger partial charge on any atom is 0.153 e. The van der Waals surface area contributed by atoms with Crippen LogP contribution in [0.15, 0.2) is 24.5 Å². The highest BCUT2D eigenvalue weighted by molar-refractivity contribution is 5.88. The van der Waals surface area contributed by atoms with E-state index in [1.165, 1.54) is 0 Å². The van der Waals surface area contributed by atoms with E-state index >= 15 is 0 Å². The number of rotatable bonds is 6. The lowest BCUT2D eigenvalue weighted by Gasteiger charge is -2.05. The van der Waals surface area contributed by atoms with Gasteiger partial charge in [0.05, 0.1) is 5.39 Å². The van der Waals surface area contributed by atoms with Crippen molar-refractivity contribution in [1.82, 2.24) is 24.7 Å². The molecule has 0 aromatic carbocycles. The van der Waals surface area contributed by atoms with Crippen LogP contribution in [-0.2, 0) is 11.3 Å². The lowest BCUT2D eigenvalue weighted by Crippen LogP contribution is -2.03. The first-order chi connectivity index (χ1) is 10.3. The second-order valence-corrected chi connectivity index (χ2v) is 4.79. The second-order valence-electron chi connectivity index (χ2n) is 4.79. The Morgan fingerprint density at radius 3 is 3.10 bits per heavy atom. The van der Waals surface area contributed by atoms with E-state index in [0.717, 1.165) is 42.2 Å². The largest absolute Gasteiger partial charge is 0.385 e. The molecule has 3 aromatic rings. The van der Waals surface area contributed by atoms with Crippen LogP contribution in [0.2, 0.25) is 0 Å². The summed E-state index contributed by atoms with van der Waals surface area (Å²) in [5.74, 6) is 2.25. The van der Waals surface area contributed by atoms with Crippen LogP contribution in [0.4, 0.5) is 11.6 Å². The molecule has 0 radical (unpaired) electrons. The van der Waals surface area contributed by atoms with E-state index in [9.17, 15) is 0 Å². The van der Waals surface area contributed by atoms with Gasteiger partial charge in [0.15, 0.2) is 5.82 Å². The topological polar surface area (TPSA) is 80.6 Å². The molecule has 110 valence electrons. The van der Waals surface area contributed by atoms with Gasteiger partial charge in [0.2, 0.25) is 0 Å². The maximum absolute atomic E-state index is 5.04. The fourth-order valence-corrected chi connectivity index (χ4v) is 2.19. The van der Waals surface area contributed by atoms with Gasteiger partial charge in [-0.25, -0.2) is 9.97 Å². The van der Waals surface area contributed by atoms with Crippen molar-refractivity contribution in [3.63, 3.8) is 0 Å². The first kappa shape index (κ1) is 13.6. The number of anilines is 2. The van der Waals surface area contributed by atoms with Crippen LogP contribution < -0.4 is 5.32 Å². The van der Waals surface area contributed by atoms with E-state index in [-0.39, 0.29) is 0 Å². The molecule has 0 atom stereocenters. The van der Waals surface area contributed by atoms with Crippen molar-refractivity contribution in [3.05, 3.63) is 30.4 Å². The fraction of sp³-hybridized carbons (Fsp3) is 0.357. The smallest absolute Gasteiger partial charge is 0.153 e. The molecule has 3 heterocycles. The van der Waals surface area contributed by atoms with Gasteiger partial charge < -0.3 is 15.0 Å². The van der Waals surface area contributed by atoms with Crippen LogP contribution in [0, 0.1) is 6.92 Å². The van der Waals surface area contributed by atoms with Crippen molar-refractivity contribution in [1.29, 1.82) is 0 Å². The molecule has 7 nitrogen and oxygen atoms in total. The SMILES string of the molecule is COCCCn1ccc(Nc2nc(C)nc3[nH]ccc23)n1. The Hall–Kier alpha value is -2.41. The summed E-state index contributed by atoms with van der Waals surface area (Å²) in [6, 6.07) is 3.88. The standard InChI is InChI=1S/C14H18N6O/c1-10-16-13-11(4-6-15-13)14(17-10)18-12-5-8-20(19-12)7-3-9-21-2/h4-6,8H,3,7,9H2,1-2H3,(H2,15,16,17,18,19). The lowest BCUT2D eigenvalue weighted by molar-refractivity contribution is 0.189. The van der Waals surface area contributed by atoms with Crippen molar-refractivity contribution < 1.29 is 4.74 Å². The predicted molar refractivity (Wildman–Crippen MR) is 80.6 cm³/mol. The Morgan fingerprint density at radius 1 is 1.33 bits per heavy atom. The molecule has 0 aliphatic heterocycles. The molecular formula is C14H18N6O. The molecule has 0 bridgehead atoms. The number of hydrogen-bond acceptors (Lipinski definition) is 5. The minimum absolute atomic E-state index is 0.715. The number of fused-ring (bicyclic) bond motifs is 1. The molecule has 0 aliphatic carbocycles. The summed E-state index contributed by atoms with van der Waals surface area (Å²) in [7, 11) is 1.70. The molecule has 0 saturated heterocycles. The molecule has 0 aliphatic rings. The summed E-state index contributed by atoms with van der Waals surface area (Å²) >= 11 is 0. The Bertz CT molecular complexity index is 732. The number of aromatic amines is 1. The van der Waals surface area contributed by atoms with Crippen LogP contribution in [-0.4, -0.2) is 38.4 Å². The molecule has 21 heavy (non-hydrogen) atoms. The zero-order chi connectivity index (χ0) is 14.7. The fourth-order valence-electron chi connectivity index (χ4n) is 2.19. The van der Waals surface area contributed by atoms with Gasteiger partial charge in [-0.2, -0.15) is 5.10 Å². The Kier molecular flexibility index (Phi) is 3.83. The minimum atomic E-state index is 0.715. The Balaban J connectivity index is 1.77. The summed E-state index contributed by atoms with van der Waals surface area (Å²) in [5, 5.41) is 8.68. The first-order valence-electron chi connectivity index (χ1n) is 6.87. The minimum Gasteiger partial charge on any atom is -0.385 e. The third-order valence-corrected chi connectivity index (χ3v) is 3.15. The van der Waals surface area contributed by atoms with Crippen LogP contribution in [0.25, 0.3) is 11.0 Å². The van der Waals surface area contributed by atoms with Crippen molar-refractivity contribution in [2.45, 2.75) is 19.9 Å². The Labute approximate surface area is 122 Å². The van der Waals surface area contributed by atoms with Gasteiger partial charge in [-0.3, -0.25) is 4.68 Å². The first-order valence-corrected chi connectivity index (χ1v) is 6.87. The normalized spacial score (nSPS) is 11.1. The third-order valence-electron chi connectivity index (χ3n) is 3.15. The lowest BCUT2D eigenvalue weighted by atomic mass is 10.3. The number of aromatic nitrogens is 5. The molecule has 0 amide bonds. The number of aryl methyl sites for hydroxylation is 2. The van der Waals surface area contributed by atoms with Crippen LogP contribution >= 0.6 is 0 Å². The molecule has 0 fully saturated rings. The second kappa shape index (κ2) is 5.92. The van der Waals surface area contributed by atoms with E-state index in [0.29, 0.717) is 5.82 Å². The van der Waals surface area contributed by atoms with Gasteiger partial charge >= 0.3 is 0 Å². The van der Waals surface area contributed by atoms with Gasteiger partial charge in [0.25, 0.3) is 0 Å². The predicted octanol–water partition coefficient (Wildman–Crippen LogP) is 2.24. The number of hydrogen-bond donors (Lipinski definition) is 2. The highest BCUT2D eigenvalue weighted by Crippen LogP contribution is 2.22. The molecule has 2 N–H and O–H groups in total. The average molecular weight is 286 g/mol. The zero-order valence-electron chi connectivity index (χ0n) is 12.1. The van der Waals surface area contributed by atoms with Crippen molar-refractivity contribution in [2.24, 2.45) is 0 Å². The number of nitrogens with one attached hydrogen (secondary N) is 2. The third kappa shape index (κ3) is 3.03. The monoisotopic (exact) mass is 286 g/mol. The maximum atomic E-state index is 5.04. The van der Waals surface area contributed by atoms with Gasteiger partial charge in [-0.05, 0) is 19.4 Å². The molecule has 0 saturated carbocycles. The molecular weight excluding hydrogens is 268 g/mol. The van der Waals surface area contributed by atoms with Crippen molar-refractivity contribution in [2.75, 3.05) is 19.0 Å². The number of H-pyrrole nitrogens is 1. The van der Waals surface area contributed by atoms with Gasteiger partial charge in [0.1, 0.15) is 17.3 Å². The molecule has 0 unspecified atom stereocenters. The van der Waals surface area contributed by atoms with Crippen LogP contribution in [0.1, 0.15) is 12.2 Å². The summed E-state index contributed by atoms with van der Waals surface area (Å²) in [4.78, 5) is 11.9. The van der Waals surface area contributed by atoms with E-state index in [4.69, 9.17) is 4.74 Å². The van der Waals surface area contributed by atoms with E-state index in [2.05, 4.69) is 25.4 Å². The number of nitrogens with zero attached hydrogens (tertiary/aromatic N) is 4. The Morgan fingerprint density at radius 2 is 2.24 bits per heavy atom. The average Bonchev–Trinajstić information content (AvgIpc) is 3.08. The number of ether oxygens (including phenoxy) is 1. The van der Waals surface area contributed by atoms with Gasteiger partial charge in [0, 0.05) is 38.7 Å². The quantitative estimate of drug-likeness (QED) is 0.679. The van der Waals surface area contributed by atoms with Gasteiger partial charge in [-0.1, -0.05) is 0 Å². The summed E-state index contributed by atoms with van der Waals surface area (Å²) in [6.07, 6.45) is 4.74. The summed E-state index contributed by atoms with van der Waals surface area (Å²) in [5.41, 5.74) is 0.824. The summed E-state index contributed by atoms with van der Waals surface area (Å²) in [6.45, 7) is 3.43. The molecule has 3 aromatic heterocycles. The molecule has 3 rings (SSSR count). The van der Waals surface area contributed by atoms with E-state index < -0.39 is 0 Å². The molecule has 0 spiro atoms. The van der Waals surface area contributed by atoms with Crippen molar-refractivity contribution in [3.8, 4) is 0 Å². The van der Waals surface area contributed by atoms with E-state index in [1.54, 1.807) is 7.11 Å². The number of methoxy groups -OCH3 is 1.